The number of para-hydroxylation sites is 1. The Bertz CT molecular complexity index is 1050. The summed E-state index contributed by atoms with van der Waals surface area (Å²) in [6, 6.07) is 12.6. The van der Waals surface area contributed by atoms with E-state index in [0.29, 0.717) is 17.9 Å². The van der Waals surface area contributed by atoms with Gasteiger partial charge < -0.3 is 19.1 Å². The topological polar surface area (TPSA) is 48.0 Å². The van der Waals surface area contributed by atoms with Crippen LogP contribution in [0.2, 0.25) is 0 Å². The molecular formula is C38H58FNO4. The van der Waals surface area contributed by atoms with Gasteiger partial charge in [0.05, 0.1) is 14.2 Å². The van der Waals surface area contributed by atoms with Crippen LogP contribution in [0.4, 0.5) is 4.39 Å². The standard InChI is InChI=1S/C38H58FNO4/c1-4-5-6-7-8-9-10-11-12-13-14-15-16-20-36(41)44-37(34-18-17-19-35(42-2)38(34)43-3)32-26-29-40(30-27-32)28-25-31-21-23-33(39)24-22-31/h17-19,21-24,32,37H,4-16,20,25-30H2,1-3H3. The Morgan fingerprint density at radius 1 is 0.818 bits per heavy atom. The van der Waals surface area contributed by atoms with Gasteiger partial charge in [-0.05, 0) is 62.5 Å². The molecule has 0 radical (unpaired) electrons. The maximum absolute atomic E-state index is 13.3. The third kappa shape index (κ3) is 12.8. The van der Waals surface area contributed by atoms with Gasteiger partial charge >= 0.3 is 5.97 Å². The minimum atomic E-state index is -0.367. The number of rotatable bonds is 22. The molecule has 0 N–H and O–H groups in total. The van der Waals surface area contributed by atoms with Crippen molar-refractivity contribution in [3.8, 4) is 11.5 Å². The Morgan fingerprint density at radius 3 is 1.98 bits per heavy atom. The van der Waals surface area contributed by atoms with E-state index in [9.17, 15) is 9.18 Å². The van der Waals surface area contributed by atoms with Gasteiger partial charge in [-0.15, -0.1) is 0 Å². The normalized spacial score (nSPS) is 14.8. The Morgan fingerprint density at radius 2 is 1.41 bits per heavy atom. The molecule has 0 aliphatic carbocycles. The van der Waals surface area contributed by atoms with Crippen LogP contribution in [0.25, 0.3) is 0 Å². The third-order valence-corrected chi connectivity index (χ3v) is 9.17. The van der Waals surface area contributed by atoms with Gasteiger partial charge in [0.1, 0.15) is 11.9 Å². The first-order chi connectivity index (χ1) is 21.5. The maximum Gasteiger partial charge on any atom is 0.306 e. The Labute approximate surface area is 266 Å². The van der Waals surface area contributed by atoms with Crippen LogP contribution in [0.5, 0.6) is 11.5 Å². The highest BCUT2D eigenvalue weighted by atomic mass is 19.1. The molecule has 2 aromatic carbocycles. The minimum absolute atomic E-state index is 0.123. The molecule has 6 heteroatoms. The number of likely N-dealkylation sites (tertiary alicyclic amines) is 1. The van der Waals surface area contributed by atoms with E-state index >= 15 is 0 Å². The lowest BCUT2D eigenvalue weighted by Gasteiger charge is -2.36. The smallest absolute Gasteiger partial charge is 0.306 e. The summed E-state index contributed by atoms with van der Waals surface area (Å²) in [7, 11) is 3.28. The van der Waals surface area contributed by atoms with Gasteiger partial charge in [-0.1, -0.05) is 108 Å². The van der Waals surface area contributed by atoms with Crippen molar-refractivity contribution in [1.82, 2.24) is 4.90 Å². The SMILES string of the molecule is CCCCCCCCCCCCCCCC(=O)OC(c1cccc(OC)c1OC)C1CCN(CCc2ccc(F)cc2)CC1. The number of ether oxygens (including phenoxy) is 3. The molecule has 0 aromatic heterocycles. The van der Waals surface area contributed by atoms with Crippen LogP contribution >= 0.6 is 0 Å². The van der Waals surface area contributed by atoms with Crippen molar-refractivity contribution in [3.05, 3.63) is 59.4 Å². The summed E-state index contributed by atoms with van der Waals surface area (Å²) >= 11 is 0. The molecule has 1 heterocycles. The monoisotopic (exact) mass is 611 g/mol. The predicted octanol–water partition coefficient (Wildman–Crippen LogP) is 9.86. The van der Waals surface area contributed by atoms with Crippen molar-refractivity contribution in [2.24, 2.45) is 5.92 Å². The number of methoxy groups -OCH3 is 2. The highest BCUT2D eigenvalue weighted by Crippen LogP contribution is 2.42. The molecule has 1 unspecified atom stereocenters. The molecule has 2 aromatic rings. The fourth-order valence-electron chi connectivity index (χ4n) is 6.45. The van der Waals surface area contributed by atoms with Crippen LogP contribution in [-0.2, 0) is 16.0 Å². The predicted molar refractivity (Wildman–Crippen MR) is 178 cm³/mol. The van der Waals surface area contributed by atoms with Crippen LogP contribution < -0.4 is 9.47 Å². The molecule has 0 bridgehead atoms. The van der Waals surface area contributed by atoms with Crippen LogP contribution in [0.15, 0.2) is 42.5 Å². The zero-order chi connectivity index (χ0) is 31.4. The molecule has 5 nitrogen and oxygen atoms in total. The first-order valence-corrected chi connectivity index (χ1v) is 17.4. The Balaban J connectivity index is 1.44. The summed E-state index contributed by atoms with van der Waals surface area (Å²) in [6.45, 7) is 5.08. The molecule has 1 aliphatic rings. The highest BCUT2D eigenvalue weighted by Gasteiger charge is 2.33. The van der Waals surface area contributed by atoms with Crippen LogP contribution in [0.3, 0.4) is 0 Å². The van der Waals surface area contributed by atoms with E-state index < -0.39 is 0 Å². The largest absolute Gasteiger partial charge is 0.493 e. The number of piperidine rings is 1. The van der Waals surface area contributed by atoms with Crippen LogP contribution in [-0.4, -0.2) is 44.7 Å². The summed E-state index contributed by atoms with van der Waals surface area (Å²) in [4.78, 5) is 15.6. The van der Waals surface area contributed by atoms with Gasteiger partial charge in [0, 0.05) is 24.4 Å². The molecule has 0 saturated carbocycles. The van der Waals surface area contributed by atoms with E-state index in [2.05, 4.69) is 11.8 Å². The molecule has 1 aliphatic heterocycles. The number of carbonyl (C=O) groups is 1. The van der Waals surface area contributed by atoms with Crippen LogP contribution in [0.1, 0.15) is 127 Å². The van der Waals surface area contributed by atoms with Crippen molar-refractivity contribution in [3.63, 3.8) is 0 Å². The molecule has 1 fully saturated rings. The number of unbranched alkanes of at least 4 members (excludes halogenated alkanes) is 12. The number of halogens is 1. The van der Waals surface area contributed by atoms with Gasteiger partial charge in [-0.2, -0.15) is 0 Å². The van der Waals surface area contributed by atoms with Gasteiger partial charge in [-0.25, -0.2) is 4.39 Å². The van der Waals surface area contributed by atoms with E-state index in [1.54, 1.807) is 14.2 Å². The third-order valence-electron chi connectivity index (χ3n) is 9.17. The summed E-state index contributed by atoms with van der Waals surface area (Å²) in [6.07, 6.45) is 19.5. The van der Waals surface area contributed by atoms with E-state index in [1.165, 1.54) is 82.8 Å². The van der Waals surface area contributed by atoms with Crippen LogP contribution in [0, 0.1) is 11.7 Å². The molecule has 1 atom stereocenters. The zero-order valence-corrected chi connectivity index (χ0v) is 27.8. The van der Waals surface area contributed by atoms with Crippen molar-refractivity contribution < 1.29 is 23.4 Å². The fraction of sp³-hybridized carbons (Fsp3) is 0.658. The second-order valence-corrected chi connectivity index (χ2v) is 12.5. The lowest BCUT2D eigenvalue weighted by atomic mass is 9.86. The average molecular weight is 612 g/mol. The summed E-state index contributed by atoms with van der Waals surface area (Å²) in [5, 5.41) is 0. The quantitative estimate of drug-likeness (QED) is 0.0980. The molecule has 246 valence electrons. The van der Waals surface area contributed by atoms with Crippen molar-refractivity contribution in [1.29, 1.82) is 0 Å². The molecule has 1 saturated heterocycles. The Hall–Kier alpha value is -2.60. The molecule has 0 spiro atoms. The first kappa shape index (κ1) is 35.9. The van der Waals surface area contributed by atoms with Crippen molar-refractivity contribution >= 4 is 5.97 Å². The molecule has 44 heavy (non-hydrogen) atoms. The summed E-state index contributed by atoms with van der Waals surface area (Å²) in [5.41, 5.74) is 2.03. The average Bonchev–Trinajstić information content (AvgIpc) is 3.05. The summed E-state index contributed by atoms with van der Waals surface area (Å²) in [5.74, 6) is 1.18. The number of nitrogens with zero attached hydrogens (tertiary/aromatic N) is 1. The lowest BCUT2D eigenvalue weighted by Crippen LogP contribution is -2.37. The summed E-state index contributed by atoms with van der Waals surface area (Å²) < 4.78 is 30.9. The van der Waals surface area contributed by atoms with Gasteiger partial charge in [0.2, 0.25) is 0 Å². The van der Waals surface area contributed by atoms with Crippen molar-refractivity contribution in [2.75, 3.05) is 33.9 Å². The zero-order valence-electron chi connectivity index (χ0n) is 27.8. The number of hydrogen-bond donors (Lipinski definition) is 0. The van der Waals surface area contributed by atoms with E-state index in [4.69, 9.17) is 14.2 Å². The van der Waals surface area contributed by atoms with E-state index in [0.717, 1.165) is 62.9 Å². The molecule has 3 rings (SSSR count). The minimum Gasteiger partial charge on any atom is -0.493 e. The van der Waals surface area contributed by atoms with Crippen molar-refractivity contribution in [2.45, 2.75) is 122 Å². The maximum atomic E-state index is 13.3. The second-order valence-electron chi connectivity index (χ2n) is 12.5. The number of esters is 1. The van der Waals surface area contributed by atoms with E-state index in [1.807, 2.05) is 30.3 Å². The number of hydrogen-bond acceptors (Lipinski definition) is 5. The molecule has 0 amide bonds. The second kappa shape index (κ2) is 21.2. The number of carbonyl (C=O) groups excluding carboxylic acids is 1. The van der Waals surface area contributed by atoms with Gasteiger partial charge in [0.25, 0.3) is 0 Å². The van der Waals surface area contributed by atoms with E-state index in [-0.39, 0.29) is 23.8 Å². The molecular weight excluding hydrogens is 553 g/mol. The highest BCUT2D eigenvalue weighted by molar-refractivity contribution is 5.70. The fourth-order valence-corrected chi connectivity index (χ4v) is 6.45. The van der Waals surface area contributed by atoms with Gasteiger partial charge in [0.15, 0.2) is 11.5 Å². The number of benzene rings is 2. The first-order valence-electron chi connectivity index (χ1n) is 17.4. The Kier molecular flexibility index (Phi) is 17.3. The van der Waals surface area contributed by atoms with Gasteiger partial charge in [-0.3, -0.25) is 4.79 Å². The lowest BCUT2D eigenvalue weighted by molar-refractivity contribution is -0.153.